The van der Waals surface area contributed by atoms with Gasteiger partial charge >= 0.3 is 0 Å². The van der Waals surface area contributed by atoms with E-state index in [1.807, 2.05) is 30.3 Å². The number of nitrogens with zero attached hydrogens (tertiary/aromatic N) is 3. The third-order valence-electron chi connectivity index (χ3n) is 4.21. The number of pyridine rings is 2. The summed E-state index contributed by atoms with van der Waals surface area (Å²) < 4.78 is 0. The van der Waals surface area contributed by atoms with E-state index < -0.39 is 0 Å². The van der Waals surface area contributed by atoms with Crippen LogP contribution in [0.5, 0.6) is 5.75 Å². The van der Waals surface area contributed by atoms with E-state index in [1.54, 1.807) is 12.3 Å². The topological polar surface area (TPSA) is 90.5 Å². The van der Waals surface area contributed by atoms with Crippen LogP contribution in [-0.2, 0) is 0 Å². The summed E-state index contributed by atoms with van der Waals surface area (Å²) in [6, 6.07) is 15.6. The van der Waals surface area contributed by atoms with Gasteiger partial charge in [0.1, 0.15) is 17.0 Å². The van der Waals surface area contributed by atoms with E-state index in [4.69, 9.17) is 4.98 Å². The highest BCUT2D eigenvalue weighted by molar-refractivity contribution is 5.94. The van der Waals surface area contributed by atoms with Crippen molar-refractivity contribution in [3.63, 3.8) is 0 Å². The lowest BCUT2D eigenvalue weighted by Crippen LogP contribution is -1.86. The minimum atomic E-state index is 0.113. The molecule has 3 N–H and O–H groups in total. The molecule has 0 atom stereocenters. The monoisotopic (exact) mass is 327 g/mol. The average molecular weight is 327 g/mol. The van der Waals surface area contributed by atoms with Gasteiger partial charge in [0.05, 0.1) is 23.1 Å². The van der Waals surface area contributed by atoms with E-state index in [9.17, 15) is 5.11 Å². The van der Waals surface area contributed by atoms with Crippen LogP contribution < -0.4 is 0 Å². The summed E-state index contributed by atoms with van der Waals surface area (Å²) in [7, 11) is 0. The molecule has 5 rings (SSSR count). The third kappa shape index (κ3) is 2.23. The van der Waals surface area contributed by atoms with Gasteiger partial charge in [0, 0.05) is 22.7 Å². The molecule has 6 heteroatoms. The predicted octanol–water partition coefficient (Wildman–Crippen LogP) is 3.87. The molecular weight excluding hydrogens is 314 g/mol. The van der Waals surface area contributed by atoms with Crippen LogP contribution in [0.3, 0.4) is 0 Å². The van der Waals surface area contributed by atoms with Gasteiger partial charge in [-0.2, -0.15) is 5.10 Å². The molecule has 6 nitrogen and oxygen atoms in total. The third-order valence-corrected chi connectivity index (χ3v) is 4.21. The number of aromatic nitrogens is 5. The first-order chi connectivity index (χ1) is 12.3. The Hall–Kier alpha value is -3.67. The lowest BCUT2D eigenvalue weighted by Gasteiger charge is -2.01. The number of hydrogen-bond acceptors (Lipinski definition) is 4. The molecule has 120 valence electrons. The van der Waals surface area contributed by atoms with Crippen LogP contribution in [-0.4, -0.2) is 30.3 Å². The van der Waals surface area contributed by atoms with Crippen LogP contribution in [0.1, 0.15) is 0 Å². The van der Waals surface area contributed by atoms with E-state index in [0.29, 0.717) is 0 Å². The van der Waals surface area contributed by atoms with Gasteiger partial charge in [-0.3, -0.25) is 10.1 Å². The van der Waals surface area contributed by atoms with E-state index >= 15 is 0 Å². The van der Waals surface area contributed by atoms with Gasteiger partial charge in [0.25, 0.3) is 0 Å². The molecule has 5 aromatic rings. The van der Waals surface area contributed by atoms with Gasteiger partial charge < -0.3 is 10.1 Å². The Kier molecular flexibility index (Phi) is 2.84. The highest BCUT2D eigenvalue weighted by Crippen LogP contribution is 2.29. The van der Waals surface area contributed by atoms with Gasteiger partial charge in [-0.1, -0.05) is 18.2 Å². The van der Waals surface area contributed by atoms with E-state index in [0.717, 1.165) is 44.6 Å². The van der Waals surface area contributed by atoms with E-state index in [2.05, 4.69) is 32.3 Å². The Morgan fingerprint density at radius 1 is 0.920 bits per heavy atom. The molecule has 0 bridgehead atoms. The first-order valence-electron chi connectivity index (χ1n) is 7.85. The molecular formula is C19H13N5O. The lowest BCUT2D eigenvalue weighted by molar-refractivity contribution is 0.473. The largest absolute Gasteiger partial charge is 0.506 e. The van der Waals surface area contributed by atoms with Crippen molar-refractivity contribution >= 4 is 21.9 Å². The molecule has 0 radical (unpaired) electrons. The van der Waals surface area contributed by atoms with Crippen molar-refractivity contribution in [1.82, 2.24) is 25.1 Å². The fourth-order valence-corrected chi connectivity index (χ4v) is 3.02. The van der Waals surface area contributed by atoms with Crippen LogP contribution in [0.25, 0.3) is 44.6 Å². The number of aromatic hydroxyl groups is 1. The molecule has 4 heterocycles. The van der Waals surface area contributed by atoms with Gasteiger partial charge in [-0.15, -0.1) is 0 Å². The Balaban J connectivity index is 1.70. The molecule has 0 saturated heterocycles. The van der Waals surface area contributed by atoms with Crippen LogP contribution in [0.4, 0.5) is 0 Å². The molecule has 0 unspecified atom stereocenters. The number of H-pyrrole nitrogens is 2. The molecule has 0 aliphatic carbocycles. The van der Waals surface area contributed by atoms with Crippen molar-refractivity contribution in [2.24, 2.45) is 0 Å². The maximum Gasteiger partial charge on any atom is 0.135 e. The fraction of sp³-hybridized carbons (Fsp3) is 0. The molecule has 0 spiro atoms. The zero-order chi connectivity index (χ0) is 16.8. The quantitative estimate of drug-likeness (QED) is 0.459. The molecule has 25 heavy (non-hydrogen) atoms. The normalized spacial score (nSPS) is 11.4. The molecule has 4 aromatic heterocycles. The Morgan fingerprint density at radius 3 is 2.72 bits per heavy atom. The summed E-state index contributed by atoms with van der Waals surface area (Å²) in [4.78, 5) is 12.1. The van der Waals surface area contributed by atoms with Gasteiger partial charge in [-0.25, -0.2) is 4.98 Å². The fourth-order valence-electron chi connectivity index (χ4n) is 3.02. The zero-order valence-electron chi connectivity index (χ0n) is 13.1. The SMILES string of the molecule is Oc1cncc(-c2ccc3[nH]nc(-c4cc5ccccc5[nH]4)c3n2)c1. The summed E-state index contributed by atoms with van der Waals surface area (Å²) in [5.74, 6) is 0.113. The highest BCUT2D eigenvalue weighted by atomic mass is 16.3. The summed E-state index contributed by atoms with van der Waals surface area (Å²) in [5, 5.41) is 18.2. The van der Waals surface area contributed by atoms with Crippen molar-refractivity contribution in [3.8, 4) is 28.4 Å². The predicted molar refractivity (Wildman–Crippen MR) is 96.1 cm³/mol. The van der Waals surface area contributed by atoms with Crippen molar-refractivity contribution in [3.05, 3.63) is 60.9 Å². The standard InChI is InChI=1S/C19H13N5O/c25-13-7-12(9-20-10-13)15-5-6-16-18(22-15)19(24-23-16)17-8-11-3-1-2-4-14(11)21-17/h1-10,21,25H,(H,23,24). The first kappa shape index (κ1) is 13.7. The number of para-hydroxylation sites is 1. The van der Waals surface area contributed by atoms with Crippen molar-refractivity contribution < 1.29 is 5.11 Å². The van der Waals surface area contributed by atoms with Gasteiger partial charge in [-0.05, 0) is 30.3 Å². The minimum absolute atomic E-state index is 0.113. The molecule has 0 aliphatic rings. The van der Waals surface area contributed by atoms with Gasteiger partial charge in [0.2, 0.25) is 0 Å². The van der Waals surface area contributed by atoms with E-state index in [-0.39, 0.29) is 5.75 Å². The van der Waals surface area contributed by atoms with Crippen LogP contribution in [0.15, 0.2) is 60.9 Å². The van der Waals surface area contributed by atoms with Crippen LogP contribution >= 0.6 is 0 Å². The zero-order valence-corrected chi connectivity index (χ0v) is 13.1. The number of aromatic amines is 2. The molecule has 0 amide bonds. The molecule has 0 saturated carbocycles. The van der Waals surface area contributed by atoms with E-state index in [1.165, 1.54) is 6.20 Å². The van der Waals surface area contributed by atoms with Crippen LogP contribution in [0, 0.1) is 0 Å². The Morgan fingerprint density at radius 2 is 1.84 bits per heavy atom. The summed E-state index contributed by atoms with van der Waals surface area (Å²) >= 11 is 0. The lowest BCUT2D eigenvalue weighted by atomic mass is 10.1. The molecule has 0 fully saturated rings. The molecule has 0 aliphatic heterocycles. The second kappa shape index (κ2) is 5.17. The Labute approximate surface area is 142 Å². The van der Waals surface area contributed by atoms with Gasteiger partial charge in [0.15, 0.2) is 0 Å². The summed E-state index contributed by atoms with van der Waals surface area (Å²) in [6.45, 7) is 0. The maximum absolute atomic E-state index is 9.65. The van der Waals surface area contributed by atoms with Crippen molar-refractivity contribution in [1.29, 1.82) is 0 Å². The number of benzene rings is 1. The summed E-state index contributed by atoms with van der Waals surface area (Å²) in [5.41, 5.74) is 5.84. The number of fused-ring (bicyclic) bond motifs is 2. The second-order valence-corrected chi connectivity index (χ2v) is 5.87. The highest BCUT2D eigenvalue weighted by Gasteiger charge is 2.13. The number of nitrogens with one attached hydrogen (secondary N) is 2. The second-order valence-electron chi connectivity index (χ2n) is 5.87. The number of rotatable bonds is 2. The molecule has 1 aromatic carbocycles. The minimum Gasteiger partial charge on any atom is -0.506 e. The van der Waals surface area contributed by atoms with Crippen molar-refractivity contribution in [2.45, 2.75) is 0 Å². The number of hydrogen-bond donors (Lipinski definition) is 3. The first-order valence-corrected chi connectivity index (χ1v) is 7.85. The average Bonchev–Trinajstić information content (AvgIpc) is 3.24. The van der Waals surface area contributed by atoms with Crippen LogP contribution in [0.2, 0.25) is 0 Å². The van der Waals surface area contributed by atoms with Crippen molar-refractivity contribution in [2.75, 3.05) is 0 Å². The summed E-state index contributed by atoms with van der Waals surface area (Å²) in [6.07, 6.45) is 3.08. The maximum atomic E-state index is 9.65. The Bertz CT molecular complexity index is 1190. The smallest absolute Gasteiger partial charge is 0.135 e.